The second-order valence-electron chi connectivity index (χ2n) is 8.07. The molecule has 1 aromatic carbocycles. The van der Waals surface area contributed by atoms with E-state index in [1.165, 1.54) is 6.42 Å². The van der Waals surface area contributed by atoms with E-state index in [4.69, 9.17) is 4.74 Å². The van der Waals surface area contributed by atoms with Crippen molar-refractivity contribution in [2.24, 2.45) is 0 Å². The maximum absolute atomic E-state index is 12.8. The fraction of sp³-hybridized carbons (Fsp3) is 0.619. The highest BCUT2D eigenvalue weighted by Crippen LogP contribution is 2.19. The van der Waals surface area contributed by atoms with Crippen LogP contribution in [0.4, 0.5) is 0 Å². The van der Waals surface area contributed by atoms with Gasteiger partial charge in [-0.05, 0) is 51.2 Å². The number of aromatic nitrogens is 2. The Bertz CT molecular complexity index is 814. The third kappa shape index (κ3) is 4.21. The van der Waals surface area contributed by atoms with Gasteiger partial charge in [-0.25, -0.2) is 10.4 Å². The molecule has 7 nitrogen and oxygen atoms in total. The Labute approximate surface area is 166 Å². The maximum atomic E-state index is 12.8. The van der Waals surface area contributed by atoms with Crippen molar-refractivity contribution in [1.29, 1.82) is 0 Å². The quantitative estimate of drug-likeness (QED) is 0.796. The minimum absolute atomic E-state index is 0.151. The second kappa shape index (κ2) is 8.59. The molecule has 2 aliphatic rings. The molecule has 0 bridgehead atoms. The van der Waals surface area contributed by atoms with Crippen molar-refractivity contribution in [2.45, 2.75) is 63.8 Å². The molecular weight excluding hydrogens is 354 g/mol. The van der Waals surface area contributed by atoms with E-state index in [1.54, 1.807) is 0 Å². The molecule has 0 radical (unpaired) electrons. The summed E-state index contributed by atoms with van der Waals surface area (Å²) in [6, 6.07) is 8.20. The van der Waals surface area contributed by atoms with E-state index in [0.717, 1.165) is 62.2 Å². The van der Waals surface area contributed by atoms with E-state index in [0.29, 0.717) is 6.10 Å². The zero-order valence-corrected chi connectivity index (χ0v) is 16.9. The molecule has 152 valence electrons. The molecule has 2 aromatic rings. The highest BCUT2D eigenvalue weighted by atomic mass is 16.5. The normalized spacial score (nSPS) is 25.3. The van der Waals surface area contributed by atoms with Gasteiger partial charge in [0.2, 0.25) is 5.91 Å². The first-order chi connectivity index (χ1) is 13.6. The van der Waals surface area contributed by atoms with Crippen molar-refractivity contribution in [2.75, 3.05) is 20.2 Å². The lowest BCUT2D eigenvalue weighted by Gasteiger charge is -2.26. The van der Waals surface area contributed by atoms with Crippen LogP contribution in [-0.4, -0.2) is 58.7 Å². The number of imidazole rings is 1. The Morgan fingerprint density at radius 3 is 3.00 bits per heavy atom. The average Bonchev–Trinajstić information content (AvgIpc) is 3.31. The first-order valence-electron chi connectivity index (χ1n) is 10.4. The fourth-order valence-corrected chi connectivity index (χ4v) is 4.30. The molecule has 1 aromatic heterocycles. The third-order valence-corrected chi connectivity index (χ3v) is 5.97. The molecule has 2 N–H and O–H groups in total. The molecule has 2 fully saturated rings. The van der Waals surface area contributed by atoms with Crippen LogP contribution >= 0.6 is 0 Å². The molecule has 3 atom stereocenters. The van der Waals surface area contributed by atoms with Crippen LogP contribution < -0.4 is 10.9 Å². The summed E-state index contributed by atoms with van der Waals surface area (Å²) in [5.74, 6) is 1.15. The Kier molecular flexibility index (Phi) is 5.94. The van der Waals surface area contributed by atoms with Crippen molar-refractivity contribution in [3.05, 3.63) is 30.1 Å². The van der Waals surface area contributed by atoms with Gasteiger partial charge < -0.3 is 14.2 Å². The van der Waals surface area contributed by atoms with Gasteiger partial charge >= 0.3 is 0 Å². The first-order valence-corrected chi connectivity index (χ1v) is 10.4. The van der Waals surface area contributed by atoms with Gasteiger partial charge in [0.05, 0.1) is 17.1 Å². The van der Waals surface area contributed by atoms with Crippen LogP contribution in [0, 0.1) is 6.92 Å². The van der Waals surface area contributed by atoms with E-state index >= 15 is 0 Å². The van der Waals surface area contributed by atoms with Crippen molar-refractivity contribution >= 4 is 16.9 Å². The number of nitrogens with zero attached hydrogens (tertiary/aromatic N) is 3. The van der Waals surface area contributed by atoms with Crippen molar-refractivity contribution in [3.8, 4) is 0 Å². The van der Waals surface area contributed by atoms with Crippen LogP contribution in [0.25, 0.3) is 11.0 Å². The summed E-state index contributed by atoms with van der Waals surface area (Å²) in [6.45, 7) is 4.44. The number of ether oxygens (including phenoxy) is 1. The third-order valence-electron chi connectivity index (χ3n) is 5.97. The number of carbonyl (C=O) groups is 1. The van der Waals surface area contributed by atoms with Crippen molar-refractivity contribution in [3.63, 3.8) is 0 Å². The molecule has 2 saturated heterocycles. The molecule has 0 spiro atoms. The van der Waals surface area contributed by atoms with Gasteiger partial charge in [-0.3, -0.25) is 10.2 Å². The highest BCUT2D eigenvalue weighted by Gasteiger charge is 2.32. The van der Waals surface area contributed by atoms with Gasteiger partial charge in [0.15, 0.2) is 0 Å². The number of benzene rings is 1. The molecule has 28 heavy (non-hydrogen) atoms. The lowest BCUT2D eigenvalue weighted by Crippen LogP contribution is -2.45. The van der Waals surface area contributed by atoms with Gasteiger partial charge in [-0.1, -0.05) is 12.1 Å². The van der Waals surface area contributed by atoms with Gasteiger partial charge in [-0.15, -0.1) is 0 Å². The van der Waals surface area contributed by atoms with Crippen LogP contribution in [0.15, 0.2) is 24.3 Å². The predicted octanol–water partition coefficient (Wildman–Crippen LogP) is 2.00. The van der Waals surface area contributed by atoms with Gasteiger partial charge in [0.1, 0.15) is 11.9 Å². The highest BCUT2D eigenvalue weighted by molar-refractivity contribution is 5.82. The summed E-state index contributed by atoms with van der Waals surface area (Å²) in [4.78, 5) is 19.3. The molecule has 1 amide bonds. The number of para-hydroxylation sites is 2. The van der Waals surface area contributed by atoms with Crippen molar-refractivity contribution in [1.82, 2.24) is 25.3 Å². The largest absolute Gasteiger partial charge is 0.378 e. The standard InChI is InChI=1S/C21H31N5O2/c1-15-22-18-8-3-4-9-20(18)26(15)14-16-13-19(24-23-16)21(27)25(2)11-10-17-7-5-6-12-28-17/h3-4,8-9,16-17,19,23-24H,5-7,10-14H2,1-2H3. The summed E-state index contributed by atoms with van der Waals surface area (Å²) in [5, 5.41) is 0. The van der Waals surface area contributed by atoms with Gasteiger partial charge in [0, 0.05) is 32.8 Å². The lowest BCUT2D eigenvalue weighted by atomic mass is 10.1. The summed E-state index contributed by atoms with van der Waals surface area (Å²) in [7, 11) is 1.90. The molecule has 0 saturated carbocycles. The molecule has 0 aliphatic carbocycles. The van der Waals surface area contributed by atoms with Crippen molar-refractivity contribution < 1.29 is 9.53 Å². The van der Waals surface area contributed by atoms with E-state index in [2.05, 4.69) is 26.5 Å². The minimum Gasteiger partial charge on any atom is -0.378 e. The Morgan fingerprint density at radius 2 is 2.18 bits per heavy atom. The number of rotatable bonds is 6. The van der Waals surface area contributed by atoms with Crippen LogP contribution in [0.3, 0.4) is 0 Å². The van der Waals surface area contributed by atoms with E-state index in [9.17, 15) is 4.79 Å². The number of hydrogen-bond acceptors (Lipinski definition) is 5. The zero-order chi connectivity index (χ0) is 19.5. The first kappa shape index (κ1) is 19.4. The number of aryl methyl sites for hydroxylation is 1. The number of likely N-dealkylation sites (N-methyl/N-ethyl adjacent to an activating group) is 1. The van der Waals surface area contributed by atoms with Gasteiger partial charge in [-0.2, -0.15) is 0 Å². The molecule has 3 heterocycles. The topological polar surface area (TPSA) is 71.4 Å². The summed E-state index contributed by atoms with van der Waals surface area (Å²) in [5.41, 5.74) is 8.66. The number of carbonyl (C=O) groups excluding carboxylic acids is 1. The number of hydrogen-bond donors (Lipinski definition) is 2. The number of fused-ring (bicyclic) bond motifs is 1. The summed E-state index contributed by atoms with van der Waals surface area (Å²) in [6.07, 6.45) is 5.52. The Hall–Kier alpha value is -1.96. The SMILES string of the molecule is Cc1nc2ccccc2n1CC1CC(C(=O)N(C)CCC2CCCCO2)NN1. The monoisotopic (exact) mass is 385 g/mol. The fourth-order valence-electron chi connectivity index (χ4n) is 4.30. The molecule has 3 unspecified atom stereocenters. The summed E-state index contributed by atoms with van der Waals surface area (Å²) >= 11 is 0. The number of nitrogens with one attached hydrogen (secondary N) is 2. The van der Waals surface area contributed by atoms with E-state index in [1.807, 2.05) is 37.1 Å². The van der Waals surface area contributed by atoms with Crippen LogP contribution in [0.5, 0.6) is 0 Å². The van der Waals surface area contributed by atoms with E-state index in [-0.39, 0.29) is 18.0 Å². The second-order valence-corrected chi connectivity index (χ2v) is 8.07. The predicted molar refractivity (Wildman–Crippen MR) is 109 cm³/mol. The number of hydrazine groups is 1. The zero-order valence-electron chi connectivity index (χ0n) is 16.9. The molecular formula is C21H31N5O2. The molecule has 2 aliphatic heterocycles. The lowest BCUT2D eigenvalue weighted by molar-refractivity contribution is -0.132. The van der Waals surface area contributed by atoms with Gasteiger partial charge in [0.25, 0.3) is 0 Å². The Balaban J connectivity index is 1.30. The van der Waals surface area contributed by atoms with E-state index < -0.39 is 0 Å². The van der Waals surface area contributed by atoms with Crippen LogP contribution in [0.1, 0.15) is 37.9 Å². The number of amides is 1. The summed E-state index contributed by atoms with van der Waals surface area (Å²) < 4.78 is 8.01. The Morgan fingerprint density at radius 1 is 1.32 bits per heavy atom. The maximum Gasteiger partial charge on any atom is 0.240 e. The average molecular weight is 386 g/mol. The molecule has 4 rings (SSSR count). The van der Waals surface area contributed by atoms with Crippen LogP contribution in [0.2, 0.25) is 0 Å². The van der Waals surface area contributed by atoms with Crippen LogP contribution in [-0.2, 0) is 16.1 Å². The smallest absolute Gasteiger partial charge is 0.240 e. The molecule has 7 heteroatoms. The minimum atomic E-state index is -0.183.